The Labute approximate surface area is 229 Å². The highest BCUT2D eigenvalue weighted by atomic mass is 19.1. The van der Waals surface area contributed by atoms with Gasteiger partial charge in [0.15, 0.2) is 17.3 Å². The molecule has 3 aromatic carbocycles. The number of rotatable bonds is 9. The van der Waals surface area contributed by atoms with Gasteiger partial charge in [-0.3, -0.25) is 19.3 Å². The van der Waals surface area contributed by atoms with Crippen molar-refractivity contribution in [3.63, 3.8) is 0 Å². The minimum Gasteiger partial charge on any atom is -0.497 e. The molecule has 0 saturated carbocycles. The van der Waals surface area contributed by atoms with Crippen LogP contribution in [0.25, 0.3) is 16.6 Å². The molecule has 0 amide bonds. The van der Waals surface area contributed by atoms with Crippen molar-refractivity contribution in [3.05, 3.63) is 112 Å². The minimum absolute atomic E-state index is 0.0229. The van der Waals surface area contributed by atoms with Crippen molar-refractivity contribution in [3.8, 4) is 22.9 Å². The number of carbonyl (C=O) groups excluding carboxylic acids is 1. The first-order valence-electron chi connectivity index (χ1n) is 12.7. The average molecular weight is 544 g/mol. The second-order valence-electron chi connectivity index (χ2n) is 9.43. The van der Waals surface area contributed by atoms with Crippen LogP contribution < -0.4 is 15.0 Å². The number of benzene rings is 3. The predicted octanol–water partition coefficient (Wildman–Crippen LogP) is 6.22. The van der Waals surface area contributed by atoms with E-state index in [1.165, 1.54) is 28.4 Å². The van der Waals surface area contributed by atoms with Crippen LogP contribution in [0.15, 0.2) is 83.8 Å². The first-order valence-corrected chi connectivity index (χ1v) is 12.7. The zero-order valence-corrected chi connectivity index (χ0v) is 22.2. The Morgan fingerprint density at radius 3 is 2.50 bits per heavy atom. The number of ketones is 1. The molecule has 0 saturated heterocycles. The number of hydrogen-bond donors (Lipinski definition) is 0. The normalized spacial score (nSPS) is 11.9. The molecule has 5 aromatic rings. The lowest BCUT2D eigenvalue weighted by Gasteiger charge is -2.14. The number of carbonyl (C=O) groups is 1. The first kappa shape index (κ1) is 26.8. The Bertz CT molecular complexity index is 1760. The molecule has 7 nitrogen and oxygen atoms in total. The highest BCUT2D eigenvalue weighted by molar-refractivity contribution is 5.98. The lowest BCUT2D eigenvalue weighted by atomic mass is 10.0. The molecule has 2 aromatic heterocycles. The van der Waals surface area contributed by atoms with Gasteiger partial charge in [0.25, 0.3) is 5.56 Å². The molecule has 2 heterocycles. The maximum absolute atomic E-state index is 15.1. The molecule has 0 aliphatic rings. The van der Waals surface area contributed by atoms with Gasteiger partial charge in [-0.1, -0.05) is 24.3 Å². The summed E-state index contributed by atoms with van der Waals surface area (Å²) in [6.45, 7) is 2.90. The van der Waals surface area contributed by atoms with Crippen LogP contribution in [0, 0.1) is 12.7 Å². The number of nitrogens with zero attached hydrogens (tertiary/aromatic N) is 3. The standard InChI is InChI=1S/C31H27F2N3O4/c1-19(32)18-35-20(2)30(31(38)36(35)22-7-5-4-6-8-22)27(37)16-21-9-12-29(25(33)15-21)40-28-13-14-34-26-17-23(39-3)10-11-24(26)28/h4-15,17,19H,16,18H2,1-3H3/t19-/m0/s1. The van der Waals surface area contributed by atoms with Gasteiger partial charge in [-0.25, -0.2) is 13.5 Å². The number of alkyl halides is 1. The highest BCUT2D eigenvalue weighted by Crippen LogP contribution is 2.32. The summed E-state index contributed by atoms with van der Waals surface area (Å²) in [7, 11) is 1.56. The summed E-state index contributed by atoms with van der Waals surface area (Å²) >= 11 is 0. The van der Waals surface area contributed by atoms with E-state index in [1.807, 2.05) is 0 Å². The van der Waals surface area contributed by atoms with Crippen LogP contribution in [0.5, 0.6) is 17.2 Å². The molecular formula is C31H27F2N3O4. The fourth-order valence-electron chi connectivity index (χ4n) is 4.70. The van der Waals surface area contributed by atoms with Crippen LogP contribution in [0.4, 0.5) is 8.78 Å². The second kappa shape index (κ2) is 11.1. The van der Waals surface area contributed by atoms with Crippen LogP contribution in [-0.4, -0.2) is 33.4 Å². The summed E-state index contributed by atoms with van der Waals surface area (Å²) in [6, 6.07) is 19.9. The number of pyridine rings is 1. The van der Waals surface area contributed by atoms with Crippen LogP contribution in [0.3, 0.4) is 0 Å². The molecule has 204 valence electrons. The molecule has 0 aliphatic heterocycles. The fourth-order valence-corrected chi connectivity index (χ4v) is 4.70. The van der Waals surface area contributed by atoms with Crippen molar-refractivity contribution in [1.29, 1.82) is 0 Å². The Kier molecular flexibility index (Phi) is 7.46. The Morgan fingerprint density at radius 2 is 1.80 bits per heavy atom. The molecular weight excluding hydrogens is 516 g/mol. The molecule has 9 heteroatoms. The minimum atomic E-state index is -1.25. The van der Waals surface area contributed by atoms with Gasteiger partial charge in [0, 0.05) is 29.8 Å². The number of halogens is 2. The number of ether oxygens (including phenoxy) is 2. The predicted molar refractivity (Wildman–Crippen MR) is 148 cm³/mol. The van der Waals surface area contributed by atoms with Crippen molar-refractivity contribution in [2.24, 2.45) is 0 Å². The number of fused-ring (bicyclic) bond motifs is 1. The summed E-state index contributed by atoms with van der Waals surface area (Å²) < 4.78 is 43.0. The van der Waals surface area contributed by atoms with Crippen LogP contribution in [-0.2, 0) is 13.0 Å². The lowest BCUT2D eigenvalue weighted by Crippen LogP contribution is -2.25. The quantitative estimate of drug-likeness (QED) is 0.206. The monoisotopic (exact) mass is 543 g/mol. The van der Waals surface area contributed by atoms with Crippen molar-refractivity contribution in [2.75, 3.05) is 7.11 Å². The smallest absolute Gasteiger partial charge is 0.282 e. The number of aromatic nitrogens is 3. The summed E-state index contributed by atoms with van der Waals surface area (Å²) in [5.41, 5.74) is 1.27. The van der Waals surface area contributed by atoms with Crippen LogP contribution in [0.1, 0.15) is 28.5 Å². The maximum atomic E-state index is 15.1. The van der Waals surface area contributed by atoms with E-state index in [0.717, 1.165) is 0 Å². The molecule has 0 N–H and O–H groups in total. The van der Waals surface area contributed by atoms with Gasteiger partial charge in [0.05, 0.1) is 24.9 Å². The molecule has 0 fully saturated rings. The highest BCUT2D eigenvalue weighted by Gasteiger charge is 2.25. The van der Waals surface area contributed by atoms with Gasteiger partial charge in [0.2, 0.25) is 0 Å². The number of methoxy groups -OCH3 is 1. The molecule has 0 bridgehead atoms. The zero-order chi connectivity index (χ0) is 28.4. The van der Waals surface area contributed by atoms with Crippen molar-refractivity contribution < 1.29 is 23.0 Å². The van der Waals surface area contributed by atoms with Gasteiger partial charge in [-0.2, -0.15) is 0 Å². The van der Waals surface area contributed by atoms with Crippen LogP contribution in [0.2, 0.25) is 0 Å². The second-order valence-corrected chi connectivity index (χ2v) is 9.43. The fraction of sp³-hybridized carbons (Fsp3) is 0.194. The number of para-hydroxylation sites is 1. The Morgan fingerprint density at radius 1 is 1.02 bits per heavy atom. The summed E-state index contributed by atoms with van der Waals surface area (Å²) in [5.74, 6) is -0.121. The third-order valence-electron chi connectivity index (χ3n) is 6.59. The SMILES string of the molecule is COc1ccc2c(Oc3ccc(CC(=O)c4c(C)n(C[C@H](C)F)n(-c5ccccc5)c4=O)cc3F)ccnc2c1. The van der Waals surface area contributed by atoms with E-state index in [0.29, 0.717) is 39.3 Å². The van der Waals surface area contributed by atoms with E-state index < -0.39 is 23.3 Å². The van der Waals surface area contributed by atoms with Gasteiger partial charge >= 0.3 is 0 Å². The van der Waals surface area contributed by atoms with E-state index in [4.69, 9.17) is 9.47 Å². The molecule has 40 heavy (non-hydrogen) atoms. The number of Topliss-reactive ketones (excluding diaryl/α,β-unsaturated/α-hetero) is 1. The molecule has 0 unspecified atom stereocenters. The van der Waals surface area contributed by atoms with E-state index in [-0.39, 0.29) is 24.3 Å². The summed E-state index contributed by atoms with van der Waals surface area (Å²) in [6.07, 6.45) is 0.0991. The van der Waals surface area contributed by atoms with E-state index >= 15 is 4.39 Å². The molecule has 1 atom stereocenters. The molecule has 5 rings (SSSR count). The lowest BCUT2D eigenvalue weighted by molar-refractivity contribution is 0.0991. The topological polar surface area (TPSA) is 75.3 Å². The largest absolute Gasteiger partial charge is 0.497 e. The Balaban J connectivity index is 1.42. The van der Waals surface area contributed by atoms with Crippen molar-refractivity contribution in [2.45, 2.75) is 33.0 Å². The summed E-state index contributed by atoms with van der Waals surface area (Å²) in [5, 5.41) is 0.680. The van der Waals surface area contributed by atoms with Crippen molar-refractivity contribution in [1.82, 2.24) is 14.3 Å². The molecule has 0 spiro atoms. The van der Waals surface area contributed by atoms with E-state index in [1.54, 1.807) is 80.9 Å². The van der Waals surface area contributed by atoms with E-state index in [2.05, 4.69) is 4.98 Å². The summed E-state index contributed by atoms with van der Waals surface area (Å²) in [4.78, 5) is 31.0. The van der Waals surface area contributed by atoms with Gasteiger partial charge in [-0.15, -0.1) is 0 Å². The number of hydrogen-bond acceptors (Lipinski definition) is 5. The van der Waals surface area contributed by atoms with Crippen LogP contribution >= 0.6 is 0 Å². The molecule has 0 aliphatic carbocycles. The third kappa shape index (κ3) is 5.22. The third-order valence-corrected chi connectivity index (χ3v) is 6.59. The van der Waals surface area contributed by atoms with Gasteiger partial charge in [0.1, 0.15) is 23.2 Å². The zero-order valence-electron chi connectivity index (χ0n) is 22.2. The maximum Gasteiger partial charge on any atom is 0.282 e. The Hall–Kier alpha value is -4.79. The van der Waals surface area contributed by atoms with Gasteiger partial charge < -0.3 is 9.47 Å². The van der Waals surface area contributed by atoms with Gasteiger partial charge in [-0.05, 0) is 61.9 Å². The van der Waals surface area contributed by atoms with E-state index in [9.17, 15) is 14.0 Å². The van der Waals surface area contributed by atoms with Crippen molar-refractivity contribution >= 4 is 16.7 Å². The first-order chi connectivity index (χ1) is 19.3. The molecule has 0 radical (unpaired) electrons. The average Bonchev–Trinajstić information content (AvgIpc) is 3.18.